The minimum Gasteiger partial charge on any atom is -0.272 e. The standard InChI is InChI=1S/C20H21N5O2S/c1-2-24-13-16(11-22-24)28(26,27)25-15-8-9-19(25)17-12-21-20(23-18(17)10-15)14-6-4-3-5-7-14/h3-7,11-13,15,19H,2,8-10H2,1H3/t15-,19+/m0/s1. The first-order valence-electron chi connectivity index (χ1n) is 9.55. The van der Waals surface area contributed by atoms with Gasteiger partial charge in [0.2, 0.25) is 10.0 Å². The van der Waals surface area contributed by atoms with Crippen LogP contribution in [0.25, 0.3) is 11.4 Å². The largest absolute Gasteiger partial charge is 0.272 e. The zero-order valence-corrected chi connectivity index (χ0v) is 16.4. The molecule has 8 heteroatoms. The maximum Gasteiger partial charge on any atom is 0.247 e. The average molecular weight is 395 g/mol. The maximum atomic E-state index is 13.3. The molecule has 0 unspecified atom stereocenters. The number of aromatic nitrogens is 4. The quantitative estimate of drug-likeness (QED) is 0.679. The van der Waals surface area contributed by atoms with Crippen molar-refractivity contribution in [1.82, 2.24) is 24.1 Å². The van der Waals surface area contributed by atoms with Gasteiger partial charge in [-0.3, -0.25) is 4.68 Å². The van der Waals surface area contributed by atoms with E-state index in [9.17, 15) is 8.42 Å². The van der Waals surface area contributed by atoms with Gasteiger partial charge in [-0.1, -0.05) is 30.3 Å². The topological polar surface area (TPSA) is 81.0 Å². The van der Waals surface area contributed by atoms with Crippen molar-refractivity contribution in [2.24, 2.45) is 0 Å². The fourth-order valence-electron chi connectivity index (χ4n) is 4.30. The lowest BCUT2D eigenvalue weighted by molar-refractivity contribution is 0.300. The molecule has 2 atom stereocenters. The highest BCUT2D eigenvalue weighted by Gasteiger charge is 2.47. The van der Waals surface area contributed by atoms with Crippen LogP contribution in [0.2, 0.25) is 0 Å². The molecular weight excluding hydrogens is 374 g/mol. The van der Waals surface area contributed by atoms with Crippen LogP contribution >= 0.6 is 0 Å². The summed E-state index contributed by atoms with van der Waals surface area (Å²) >= 11 is 0. The van der Waals surface area contributed by atoms with E-state index in [2.05, 4.69) is 10.1 Å². The predicted octanol–water partition coefficient (Wildman–Crippen LogP) is 2.81. The molecule has 0 aliphatic carbocycles. The molecule has 28 heavy (non-hydrogen) atoms. The van der Waals surface area contributed by atoms with Crippen LogP contribution in [0, 0.1) is 0 Å². The lowest BCUT2D eigenvalue weighted by Gasteiger charge is -2.34. The SMILES string of the molecule is CCn1cc(S(=O)(=O)N2[C@H]3CC[C@@H]2c2cnc(-c4ccccc4)nc2C3)cn1. The van der Waals surface area contributed by atoms with E-state index in [1.807, 2.05) is 43.5 Å². The first kappa shape index (κ1) is 17.5. The van der Waals surface area contributed by atoms with Crippen LogP contribution in [0.5, 0.6) is 0 Å². The van der Waals surface area contributed by atoms with Gasteiger partial charge in [0.05, 0.1) is 17.9 Å². The van der Waals surface area contributed by atoms with Gasteiger partial charge in [-0.2, -0.15) is 9.40 Å². The number of hydrogen-bond acceptors (Lipinski definition) is 5. The number of hydrogen-bond donors (Lipinski definition) is 0. The summed E-state index contributed by atoms with van der Waals surface area (Å²) in [6, 6.07) is 9.60. The van der Waals surface area contributed by atoms with E-state index in [0.29, 0.717) is 18.8 Å². The Labute approximate surface area is 164 Å². The van der Waals surface area contributed by atoms with Gasteiger partial charge >= 0.3 is 0 Å². The Bertz CT molecular complexity index is 1130. The number of sulfonamides is 1. The molecule has 4 heterocycles. The van der Waals surface area contributed by atoms with Crippen molar-refractivity contribution in [3.05, 3.63) is 60.2 Å². The third-order valence-corrected chi connectivity index (χ3v) is 7.58. The highest BCUT2D eigenvalue weighted by atomic mass is 32.2. The summed E-state index contributed by atoms with van der Waals surface area (Å²) in [5.41, 5.74) is 2.87. The third-order valence-electron chi connectivity index (χ3n) is 5.67. The second kappa shape index (κ2) is 6.49. The summed E-state index contributed by atoms with van der Waals surface area (Å²) in [5, 5.41) is 4.14. The fraction of sp³-hybridized carbons (Fsp3) is 0.350. The van der Waals surface area contributed by atoms with Gasteiger partial charge in [0.25, 0.3) is 0 Å². The van der Waals surface area contributed by atoms with Gasteiger partial charge in [0.15, 0.2) is 5.82 Å². The van der Waals surface area contributed by atoms with Crippen molar-refractivity contribution in [3.8, 4) is 11.4 Å². The lowest BCUT2D eigenvalue weighted by Crippen LogP contribution is -2.42. The number of rotatable bonds is 4. The highest BCUT2D eigenvalue weighted by molar-refractivity contribution is 7.89. The van der Waals surface area contributed by atoms with Crippen molar-refractivity contribution in [2.75, 3.05) is 0 Å². The summed E-state index contributed by atoms with van der Waals surface area (Å²) in [5.74, 6) is 0.694. The van der Waals surface area contributed by atoms with Gasteiger partial charge in [-0.25, -0.2) is 18.4 Å². The molecule has 1 aromatic carbocycles. The summed E-state index contributed by atoms with van der Waals surface area (Å²) < 4.78 is 29.9. The minimum absolute atomic E-state index is 0.0639. The zero-order valence-electron chi connectivity index (χ0n) is 15.6. The number of benzene rings is 1. The van der Waals surface area contributed by atoms with E-state index in [1.54, 1.807) is 15.2 Å². The van der Waals surface area contributed by atoms with Gasteiger partial charge < -0.3 is 0 Å². The molecule has 1 fully saturated rings. The van der Waals surface area contributed by atoms with E-state index in [0.717, 1.165) is 29.7 Å². The predicted molar refractivity (Wildman–Crippen MR) is 104 cm³/mol. The molecule has 7 nitrogen and oxygen atoms in total. The number of aryl methyl sites for hydroxylation is 1. The molecule has 0 amide bonds. The van der Waals surface area contributed by atoms with Crippen LogP contribution in [0.4, 0.5) is 0 Å². The highest BCUT2D eigenvalue weighted by Crippen LogP contribution is 2.46. The first-order chi connectivity index (χ1) is 13.6. The second-order valence-electron chi connectivity index (χ2n) is 7.28. The van der Waals surface area contributed by atoms with Crippen LogP contribution in [-0.4, -0.2) is 38.5 Å². The summed E-state index contributed by atoms with van der Waals surface area (Å²) in [6.07, 6.45) is 7.13. The van der Waals surface area contributed by atoms with Gasteiger partial charge in [-0.05, 0) is 19.8 Å². The Kier molecular flexibility index (Phi) is 4.06. The molecular formula is C20H21N5O2S. The molecule has 0 N–H and O–H groups in total. The summed E-state index contributed by atoms with van der Waals surface area (Å²) in [7, 11) is -3.60. The normalized spacial score (nSPS) is 21.6. The zero-order chi connectivity index (χ0) is 19.3. The smallest absolute Gasteiger partial charge is 0.247 e. The molecule has 5 rings (SSSR count). The molecule has 3 aromatic rings. The van der Waals surface area contributed by atoms with Crippen molar-refractivity contribution in [1.29, 1.82) is 0 Å². The van der Waals surface area contributed by atoms with Crippen molar-refractivity contribution < 1.29 is 8.42 Å². The van der Waals surface area contributed by atoms with Gasteiger partial charge in [-0.15, -0.1) is 0 Å². The Hall–Kier alpha value is -2.58. The van der Waals surface area contributed by atoms with Crippen LogP contribution in [-0.2, 0) is 23.0 Å². The van der Waals surface area contributed by atoms with Crippen LogP contribution in [0.3, 0.4) is 0 Å². The minimum atomic E-state index is -3.60. The van der Waals surface area contributed by atoms with E-state index in [-0.39, 0.29) is 17.0 Å². The van der Waals surface area contributed by atoms with Crippen molar-refractivity contribution >= 4 is 10.0 Å². The molecule has 0 radical (unpaired) electrons. The van der Waals surface area contributed by atoms with Gasteiger partial charge in [0, 0.05) is 42.5 Å². The third kappa shape index (κ3) is 2.67. The average Bonchev–Trinajstić information content (AvgIpc) is 3.33. The molecule has 144 valence electrons. The van der Waals surface area contributed by atoms with Crippen molar-refractivity contribution in [3.63, 3.8) is 0 Å². The Balaban J connectivity index is 1.53. The van der Waals surface area contributed by atoms with Gasteiger partial charge in [0.1, 0.15) is 4.90 Å². The van der Waals surface area contributed by atoms with Crippen LogP contribution in [0.15, 0.2) is 53.8 Å². The first-order valence-corrected chi connectivity index (χ1v) is 11.0. The number of nitrogens with zero attached hydrogens (tertiary/aromatic N) is 5. The second-order valence-corrected chi connectivity index (χ2v) is 9.12. The fourth-order valence-corrected chi connectivity index (χ4v) is 6.10. The van der Waals surface area contributed by atoms with Crippen LogP contribution in [0.1, 0.15) is 37.1 Å². The lowest BCUT2D eigenvalue weighted by atomic mass is 10.0. The molecule has 2 bridgehead atoms. The monoisotopic (exact) mass is 395 g/mol. The molecule has 1 saturated heterocycles. The molecule has 2 aliphatic rings. The molecule has 2 aliphatic heterocycles. The van der Waals surface area contributed by atoms with Crippen molar-refractivity contribution in [2.45, 2.75) is 49.7 Å². The van der Waals surface area contributed by atoms with E-state index < -0.39 is 10.0 Å². The molecule has 0 spiro atoms. The Morgan fingerprint density at radius 1 is 1.14 bits per heavy atom. The van der Waals surface area contributed by atoms with E-state index in [4.69, 9.17) is 4.98 Å². The molecule has 2 aromatic heterocycles. The number of fused-ring (bicyclic) bond motifs is 4. The van der Waals surface area contributed by atoms with E-state index in [1.165, 1.54) is 6.20 Å². The van der Waals surface area contributed by atoms with E-state index >= 15 is 0 Å². The Morgan fingerprint density at radius 2 is 1.96 bits per heavy atom. The summed E-state index contributed by atoms with van der Waals surface area (Å²) in [4.78, 5) is 9.58. The maximum absolute atomic E-state index is 13.3. The summed E-state index contributed by atoms with van der Waals surface area (Å²) in [6.45, 7) is 2.58. The Morgan fingerprint density at radius 3 is 2.71 bits per heavy atom. The molecule has 0 saturated carbocycles. The van der Waals surface area contributed by atoms with Crippen LogP contribution < -0.4 is 0 Å².